The van der Waals surface area contributed by atoms with Crippen molar-refractivity contribution in [3.8, 4) is 17.2 Å². The Bertz CT molecular complexity index is 653. The maximum atomic E-state index is 12.4. The van der Waals surface area contributed by atoms with Crippen molar-refractivity contribution in [3.63, 3.8) is 0 Å². The Balaban J connectivity index is 2.12. The van der Waals surface area contributed by atoms with E-state index in [1.54, 1.807) is 56.7 Å². The van der Waals surface area contributed by atoms with Gasteiger partial charge in [-0.1, -0.05) is 6.92 Å². The van der Waals surface area contributed by atoms with Crippen molar-refractivity contribution in [1.29, 1.82) is 0 Å². The molecule has 2 rings (SSSR count). The van der Waals surface area contributed by atoms with Gasteiger partial charge in [0.05, 0.1) is 26.5 Å². The predicted molar refractivity (Wildman–Crippen MR) is 89.7 cm³/mol. The molecule has 0 aliphatic rings. The molecule has 0 aliphatic heterocycles. The van der Waals surface area contributed by atoms with E-state index < -0.39 is 0 Å². The topological polar surface area (TPSA) is 56.8 Å². The molecule has 1 amide bonds. The number of hydrogen-bond donors (Lipinski definition) is 1. The van der Waals surface area contributed by atoms with Gasteiger partial charge in [0.25, 0.3) is 5.91 Å². The van der Waals surface area contributed by atoms with Crippen LogP contribution < -0.4 is 19.5 Å². The Morgan fingerprint density at radius 3 is 2.30 bits per heavy atom. The van der Waals surface area contributed by atoms with Crippen molar-refractivity contribution < 1.29 is 19.0 Å². The highest BCUT2D eigenvalue weighted by Crippen LogP contribution is 2.29. The predicted octanol–water partition coefficient (Wildman–Crippen LogP) is 3.74. The van der Waals surface area contributed by atoms with Gasteiger partial charge >= 0.3 is 0 Å². The van der Waals surface area contributed by atoms with E-state index in [4.69, 9.17) is 14.2 Å². The highest BCUT2D eigenvalue weighted by atomic mass is 16.5. The van der Waals surface area contributed by atoms with Crippen LogP contribution >= 0.6 is 0 Å². The summed E-state index contributed by atoms with van der Waals surface area (Å²) >= 11 is 0. The molecule has 0 unspecified atom stereocenters. The number of nitrogens with one attached hydrogen (secondary N) is 1. The summed E-state index contributed by atoms with van der Waals surface area (Å²) in [6.07, 6.45) is 0.942. The van der Waals surface area contributed by atoms with Crippen LogP contribution in [0.25, 0.3) is 0 Å². The molecule has 0 spiro atoms. The standard InChI is InChI=1S/C18H21NO4/c1-4-11-23-14-7-5-13(6-8-14)18(20)19-16-12-15(21-2)9-10-17(16)22-3/h5-10,12H,4,11H2,1-3H3,(H,19,20). The third-order valence-corrected chi connectivity index (χ3v) is 3.24. The number of hydrogen-bond acceptors (Lipinski definition) is 4. The van der Waals surface area contributed by atoms with Crippen LogP contribution in [0.5, 0.6) is 17.2 Å². The molecule has 0 aliphatic carbocycles. The van der Waals surface area contributed by atoms with Crippen LogP contribution in [0.1, 0.15) is 23.7 Å². The molecule has 1 N–H and O–H groups in total. The first kappa shape index (κ1) is 16.7. The van der Waals surface area contributed by atoms with Gasteiger partial charge in [-0.3, -0.25) is 4.79 Å². The Labute approximate surface area is 136 Å². The molecule has 2 aromatic rings. The van der Waals surface area contributed by atoms with Crippen molar-refractivity contribution in [2.24, 2.45) is 0 Å². The Morgan fingerprint density at radius 1 is 1.00 bits per heavy atom. The summed E-state index contributed by atoms with van der Waals surface area (Å²) in [5.41, 5.74) is 1.10. The van der Waals surface area contributed by atoms with Gasteiger partial charge in [0.15, 0.2) is 0 Å². The summed E-state index contributed by atoms with van der Waals surface area (Å²) in [4.78, 5) is 12.4. The molecule has 2 aromatic carbocycles. The zero-order valence-electron chi connectivity index (χ0n) is 13.6. The smallest absolute Gasteiger partial charge is 0.255 e. The normalized spacial score (nSPS) is 10.0. The number of ether oxygens (including phenoxy) is 3. The number of anilines is 1. The maximum Gasteiger partial charge on any atom is 0.255 e. The summed E-state index contributed by atoms with van der Waals surface area (Å²) in [6, 6.07) is 12.3. The van der Waals surface area contributed by atoms with Crippen LogP contribution in [-0.2, 0) is 0 Å². The molecule has 0 saturated carbocycles. The van der Waals surface area contributed by atoms with E-state index in [9.17, 15) is 4.79 Å². The number of methoxy groups -OCH3 is 2. The lowest BCUT2D eigenvalue weighted by Crippen LogP contribution is -2.12. The number of carbonyl (C=O) groups excluding carboxylic acids is 1. The van der Waals surface area contributed by atoms with Gasteiger partial charge in [0.1, 0.15) is 17.2 Å². The molecule has 0 heterocycles. The van der Waals surface area contributed by atoms with Gasteiger partial charge in [-0.25, -0.2) is 0 Å². The largest absolute Gasteiger partial charge is 0.497 e. The molecule has 23 heavy (non-hydrogen) atoms. The Hall–Kier alpha value is -2.69. The van der Waals surface area contributed by atoms with Crippen molar-refractivity contribution in [2.45, 2.75) is 13.3 Å². The third-order valence-electron chi connectivity index (χ3n) is 3.24. The van der Waals surface area contributed by atoms with Crippen molar-refractivity contribution in [2.75, 3.05) is 26.1 Å². The van der Waals surface area contributed by atoms with Crippen LogP contribution in [0, 0.1) is 0 Å². The van der Waals surface area contributed by atoms with Gasteiger partial charge in [-0.05, 0) is 42.8 Å². The first-order chi connectivity index (χ1) is 11.2. The summed E-state index contributed by atoms with van der Waals surface area (Å²) in [7, 11) is 3.12. The van der Waals surface area contributed by atoms with Gasteiger partial charge in [0.2, 0.25) is 0 Å². The van der Waals surface area contributed by atoms with E-state index in [0.717, 1.165) is 12.2 Å². The highest BCUT2D eigenvalue weighted by molar-refractivity contribution is 6.05. The lowest BCUT2D eigenvalue weighted by Gasteiger charge is -2.12. The lowest BCUT2D eigenvalue weighted by molar-refractivity contribution is 0.102. The molecule has 0 saturated heterocycles. The number of rotatable bonds is 7. The maximum absolute atomic E-state index is 12.4. The number of benzene rings is 2. The molecular weight excluding hydrogens is 294 g/mol. The molecule has 0 bridgehead atoms. The monoisotopic (exact) mass is 315 g/mol. The van der Waals surface area contributed by atoms with E-state index in [1.165, 1.54) is 0 Å². The average molecular weight is 315 g/mol. The van der Waals surface area contributed by atoms with E-state index >= 15 is 0 Å². The van der Waals surface area contributed by atoms with E-state index in [0.29, 0.717) is 29.4 Å². The summed E-state index contributed by atoms with van der Waals surface area (Å²) < 4.78 is 15.9. The molecule has 0 aromatic heterocycles. The first-order valence-corrected chi connectivity index (χ1v) is 7.44. The van der Waals surface area contributed by atoms with Crippen molar-refractivity contribution >= 4 is 11.6 Å². The Kier molecular flexibility index (Phi) is 5.86. The van der Waals surface area contributed by atoms with Crippen LogP contribution in [0.3, 0.4) is 0 Å². The molecular formula is C18H21NO4. The van der Waals surface area contributed by atoms with Crippen LogP contribution in [-0.4, -0.2) is 26.7 Å². The van der Waals surface area contributed by atoms with Crippen LogP contribution in [0.2, 0.25) is 0 Å². The summed E-state index contributed by atoms with van der Waals surface area (Å²) in [5, 5.41) is 2.83. The van der Waals surface area contributed by atoms with Gasteiger partial charge in [0, 0.05) is 11.6 Å². The number of carbonyl (C=O) groups is 1. The summed E-state index contributed by atoms with van der Waals surface area (Å²) in [5.74, 6) is 1.74. The van der Waals surface area contributed by atoms with Gasteiger partial charge < -0.3 is 19.5 Å². The molecule has 0 radical (unpaired) electrons. The summed E-state index contributed by atoms with van der Waals surface area (Å²) in [6.45, 7) is 2.70. The Morgan fingerprint density at radius 2 is 1.70 bits per heavy atom. The second-order valence-electron chi connectivity index (χ2n) is 4.89. The molecule has 5 nitrogen and oxygen atoms in total. The van der Waals surface area contributed by atoms with Crippen molar-refractivity contribution in [1.82, 2.24) is 0 Å². The lowest BCUT2D eigenvalue weighted by atomic mass is 10.2. The number of amides is 1. The molecule has 122 valence electrons. The fraction of sp³-hybridized carbons (Fsp3) is 0.278. The zero-order valence-corrected chi connectivity index (χ0v) is 13.6. The fourth-order valence-corrected chi connectivity index (χ4v) is 2.03. The van der Waals surface area contributed by atoms with E-state index in [2.05, 4.69) is 5.32 Å². The average Bonchev–Trinajstić information content (AvgIpc) is 2.60. The quantitative estimate of drug-likeness (QED) is 0.845. The van der Waals surface area contributed by atoms with Crippen LogP contribution in [0.15, 0.2) is 42.5 Å². The van der Waals surface area contributed by atoms with Gasteiger partial charge in [-0.15, -0.1) is 0 Å². The third kappa shape index (κ3) is 4.39. The second kappa shape index (κ2) is 8.08. The minimum absolute atomic E-state index is 0.224. The SMILES string of the molecule is CCCOc1ccc(C(=O)Nc2cc(OC)ccc2OC)cc1. The minimum Gasteiger partial charge on any atom is -0.497 e. The fourth-order valence-electron chi connectivity index (χ4n) is 2.03. The molecule has 0 fully saturated rings. The molecule has 0 atom stereocenters. The van der Waals surface area contributed by atoms with Crippen LogP contribution in [0.4, 0.5) is 5.69 Å². The highest BCUT2D eigenvalue weighted by Gasteiger charge is 2.11. The zero-order chi connectivity index (χ0) is 16.7. The van der Waals surface area contributed by atoms with Crippen molar-refractivity contribution in [3.05, 3.63) is 48.0 Å². The molecule has 5 heteroatoms. The first-order valence-electron chi connectivity index (χ1n) is 7.44. The second-order valence-corrected chi connectivity index (χ2v) is 4.89. The van der Waals surface area contributed by atoms with Gasteiger partial charge in [-0.2, -0.15) is 0 Å². The minimum atomic E-state index is -0.224. The van der Waals surface area contributed by atoms with E-state index in [-0.39, 0.29) is 5.91 Å². The van der Waals surface area contributed by atoms with E-state index in [1.807, 2.05) is 6.92 Å².